The van der Waals surface area contributed by atoms with Crippen LogP contribution in [0, 0.1) is 59.2 Å². The first kappa shape index (κ1) is 81.0. The van der Waals surface area contributed by atoms with E-state index in [1.54, 1.807) is 52.4 Å². The van der Waals surface area contributed by atoms with Gasteiger partial charge in [0.05, 0.1) is 24.4 Å². The van der Waals surface area contributed by atoms with Gasteiger partial charge in [0.1, 0.15) is 36.3 Å². The summed E-state index contributed by atoms with van der Waals surface area (Å²) in [6, 6.07) is -9.34. The second-order valence-corrected chi connectivity index (χ2v) is 29.0. The zero-order chi connectivity index (χ0) is 70.1. The Morgan fingerprint density at radius 1 is 0.495 bits per heavy atom. The zero-order valence-electron chi connectivity index (χ0n) is 60.4. The van der Waals surface area contributed by atoms with Crippen molar-refractivity contribution in [3.63, 3.8) is 0 Å². The molecule has 0 bridgehead atoms. The van der Waals surface area contributed by atoms with E-state index >= 15 is 19.2 Å². The van der Waals surface area contributed by atoms with Crippen LogP contribution in [0.2, 0.25) is 0 Å². The third-order valence-corrected chi connectivity index (χ3v) is 18.7. The summed E-state index contributed by atoms with van der Waals surface area (Å²) in [4.78, 5) is 172. The predicted octanol–water partition coefficient (Wildman–Crippen LogP) is 6.72. The standard InChI is InChI=1S/C69H120N10O12/c1-26-50-35-58(82)60(61(83)45(14)28-27-29-49-37-70-72(18)38-49)79(25)69(91)59(44(12)13)78(24)68(90)55(33-42(8)9)77(23)67(89)54(32-41(6)7)76(22)63(85)47(16)71-62(84)46(15)34-56(80)52(30-39(2)3)75(21)66(88)51(43(10)11)36-57(81)53(31-40(4)5)74(20)64(86)48(17)73(19)65(50)87/h37-48,50-55,59-61,83H,26-36H2,1-25H3,(H,71,84)/t45-,46+,47+,48-,50+,51-,52-,53+,54-,55-,59-,60+,61-/m1/s1. The number of hydrogen-bond donors (Lipinski definition) is 2. The Morgan fingerprint density at radius 3 is 1.38 bits per heavy atom. The highest BCUT2D eigenvalue weighted by Crippen LogP contribution is 2.30. The second-order valence-electron chi connectivity index (χ2n) is 29.0. The van der Waals surface area contributed by atoms with Crippen molar-refractivity contribution >= 4 is 64.6 Å². The lowest BCUT2D eigenvalue weighted by atomic mass is 9.84. The van der Waals surface area contributed by atoms with Gasteiger partial charge >= 0.3 is 0 Å². The molecule has 1 aliphatic heterocycles. The Labute approximate surface area is 546 Å². The Hall–Kier alpha value is -6.06. The fraction of sp³-hybridized carbons (Fsp3) is 0.797. The normalized spacial score (nSPS) is 26.9. The zero-order valence-corrected chi connectivity index (χ0v) is 60.4. The van der Waals surface area contributed by atoms with Gasteiger partial charge in [0.25, 0.3) is 0 Å². The molecule has 22 heteroatoms. The molecule has 2 rings (SSSR count). The van der Waals surface area contributed by atoms with Gasteiger partial charge in [-0.1, -0.05) is 104 Å². The number of amides is 8. The van der Waals surface area contributed by atoms with Crippen LogP contribution in [0.5, 0.6) is 0 Å². The molecule has 2 N–H and O–H groups in total. The van der Waals surface area contributed by atoms with E-state index in [1.165, 1.54) is 90.6 Å². The first-order valence-electron chi connectivity index (χ1n) is 33.5. The minimum absolute atomic E-state index is 0.0715. The summed E-state index contributed by atoms with van der Waals surface area (Å²) in [6.07, 6.45) is 3.84. The third kappa shape index (κ3) is 22.3. The molecule has 0 saturated carbocycles. The molecule has 1 saturated heterocycles. The van der Waals surface area contributed by atoms with Crippen LogP contribution in [-0.4, -0.2) is 218 Å². The van der Waals surface area contributed by atoms with Crippen LogP contribution in [0.3, 0.4) is 0 Å². The molecule has 8 amide bonds. The number of ketones is 3. The van der Waals surface area contributed by atoms with Crippen molar-refractivity contribution in [3.8, 4) is 0 Å². The SMILES string of the molecule is CC[C@H]1CC(=O)[C@@H]([C@H](O)[C@H](C)CCCc2cnn(C)c2)N(C)C(=O)[C@@H](C(C)C)N(C)C(=O)[C@@H](CC(C)C)N(C)C(=O)[C@@H](CC(C)C)N(C)C(=O)[C@H](C)NC(=O)[C@@H](C)CC(=O)[C@@H](CC(C)C)N(C)C(=O)[C@@H](C(C)C)CC(=O)[C@H](CC(C)C)N(C)C(=O)[C@@H](C)N(C)C1=O. The van der Waals surface area contributed by atoms with Crippen molar-refractivity contribution < 1.29 is 57.8 Å². The molecule has 0 aromatic carbocycles. The highest BCUT2D eigenvalue weighted by Gasteiger charge is 2.46. The van der Waals surface area contributed by atoms with E-state index in [0.29, 0.717) is 19.3 Å². The van der Waals surface area contributed by atoms with Crippen molar-refractivity contribution in [1.29, 1.82) is 0 Å². The number of hydrogen-bond acceptors (Lipinski definition) is 13. The van der Waals surface area contributed by atoms with Crippen molar-refractivity contribution in [1.82, 2.24) is 49.4 Å². The maximum Gasteiger partial charge on any atom is 0.246 e. The van der Waals surface area contributed by atoms with Gasteiger partial charge in [-0.25, -0.2) is 0 Å². The van der Waals surface area contributed by atoms with Crippen LogP contribution in [0.25, 0.3) is 0 Å². The predicted molar refractivity (Wildman–Crippen MR) is 353 cm³/mol. The van der Waals surface area contributed by atoms with E-state index in [4.69, 9.17) is 0 Å². The Kier molecular flexibility index (Phi) is 32.4. The van der Waals surface area contributed by atoms with Crippen molar-refractivity contribution in [2.75, 3.05) is 49.3 Å². The molecule has 1 aliphatic rings. The molecule has 91 heavy (non-hydrogen) atoms. The minimum atomic E-state index is -1.51. The monoisotopic (exact) mass is 1280 g/mol. The third-order valence-electron chi connectivity index (χ3n) is 18.7. The van der Waals surface area contributed by atoms with Crippen LogP contribution in [0.15, 0.2) is 12.4 Å². The van der Waals surface area contributed by atoms with Crippen molar-refractivity contribution in [3.05, 3.63) is 18.0 Å². The number of carbonyl (C=O) groups is 11. The number of rotatable bonds is 17. The van der Waals surface area contributed by atoms with E-state index in [9.17, 15) is 38.7 Å². The van der Waals surface area contributed by atoms with E-state index in [-0.39, 0.29) is 74.4 Å². The topological polar surface area (TPSA) is 261 Å². The van der Waals surface area contributed by atoms with Crippen LogP contribution in [0.1, 0.15) is 187 Å². The fourth-order valence-corrected chi connectivity index (χ4v) is 12.6. The molecule has 0 spiro atoms. The number of aromatic nitrogens is 2. The van der Waals surface area contributed by atoms with Gasteiger partial charge < -0.3 is 44.7 Å². The molecule has 22 nitrogen and oxygen atoms in total. The summed E-state index contributed by atoms with van der Waals surface area (Å²) in [7, 11) is 12.1. The summed E-state index contributed by atoms with van der Waals surface area (Å²) in [5, 5.41) is 19.5. The molecule has 518 valence electrons. The van der Waals surface area contributed by atoms with Gasteiger partial charge in [-0.3, -0.25) is 57.4 Å². The average Bonchev–Trinajstić information content (AvgIpc) is 1.24. The van der Waals surface area contributed by atoms with Gasteiger partial charge in [0, 0.05) is 99.6 Å². The van der Waals surface area contributed by atoms with Gasteiger partial charge in [0.15, 0.2) is 17.3 Å². The Balaban J connectivity index is 3.00. The smallest absolute Gasteiger partial charge is 0.246 e. The molecule has 0 unspecified atom stereocenters. The number of Topliss-reactive ketones (excluding diaryl/α,β-unsaturated/α-hetero) is 3. The van der Waals surface area contributed by atoms with Crippen molar-refractivity contribution in [2.45, 2.75) is 243 Å². The van der Waals surface area contributed by atoms with E-state index < -0.39 is 155 Å². The molecule has 1 fully saturated rings. The lowest BCUT2D eigenvalue weighted by Crippen LogP contribution is -2.61. The van der Waals surface area contributed by atoms with Gasteiger partial charge in [-0.2, -0.15) is 5.10 Å². The molecule has 2 heterocycles. The van der Waals surface area contributed by atoms with Gasteiger partial charge in [0.2, 0.25) is 47.3 Å². The minimum Gasteiger partial charge on any atom is -0.390 e. The number of aliphatic hydroxyl groups is 1. The Morgan fingerprint density at radius 2 is 0.934 bits per heavy atom. The molecule has 1 aromatic heterocycles. The molecular formula is C69H120N10O12. The van der Waals surface area contributed by atoms with Gasteiger partial charge in [-0.05, 0) is 112 Å². The summed E-state index contributed by atoms with van der Waals surface area (Å²) >= 11 is 0. The number of nitrogens with zero attached hydrogens (tertiary/aromatic N) is 9. The van der Waals surface area contributed by atoms with Crippen LogP contribution in [0.4, 0.5) is 0 Å². The van der Waals surface area contributed by atoms with Crippen LogP contribution >= 0.6 is 0 Å². The Bertz CT molecular complexity index is 2630. The second kappa shape index (κ2) is 36.4. The number of aryl methyl sites for hydroxylation is 2. The largest absolute Gasteiger partial charge is 0.390 e. The number of nitrogens with one attached hydrogen (secondary N) is 1. The summed E-state index contributed by atoms with van der Waals surface area (Å²) in [5.74, 6) is -10.9. The summed E-state index contributed by atoms with van der Waals surface area (Å²) < 4.78 is 1.70. The van der Waals surface area contributed by atoms with Crippen LogP contribution < -0.4 is 5.32 Å². The average molecular weight is 1280 g/mol. The first-order chi connectivity index (χ1) is 42.0. The molecule has 13 atom stereocenters. The quantitative estimate of drug-likeness (QED) is 0.164. The highest BCUT2D eigenvalue weighted by molar-refractivity contribution is 6.00. The van der Waals surface area contributed by atoms with Crippen LogP contribution in [-0.2, 0) is 66.2 Å². The first-order valence-corrected chi connectivity index (χ1v) is 33.5. The van der Waals surface area contributed by atoms with Gasteiger partial charge in [-0.15, -0.1) is 0 Å². The van der Waals surface area contributed by atoms with E-state index in [0.717, 1.165) is 5.56 Å². The number of aliphatic hydroxyl groups excluding tert-OH is 1. The van der Waals surface area contributed by atoms with Crippen molar-refractivity contribution in [2.24, 2.45) is 66.2 Å². The lowest BCUT2D eigenvalue weighted by molar-refractivity contribution is -0.157. The van der Waals surface area contributed by atoms with E-state index in [2.05, 4.69) is 10.4 Å². The molecule has 0 radical (unpaired) electrons. The molecule has 0 aliphatic carbocycles. The molecule has 1 aromatic rings. The maximum atomic E-state index is 15.4. The summed E-state index contributed by atoms with van der Waals surface area (Å²) in [6.45, 7) is 30.4. The highest BCUT2D eigenvalue weighted by atomic mass is 16.3. The molecular weight excluding hydrogens is 1160 g/mol. The number of likely N-dealkylation sites (N-methyl/N-ethyl adjacent to an activating group) is 7. The lowest BCUT2D eigenvalue weighted by Gasteiger charge is -2.41. The maximum absolute atomic E-state index is 15.4. The van der Waals surface area contributed by atoms with E-state index in [1.807, 2.05) is 82.5 Å². The fourth-order valence-electron chi connectivity index (χ4n) is 12.6. The summed E-state index contributed by atoms with van der Waals surface area (Å²) in [5.41, 5.74) is 0.982. The number of carbonyl (C=O) groups excluding carboxylic acids is 11.